The summed E-state index contributed by atoms with van der Waals surface area (Å²) in [5.41, 5.74) is -0.0586. The molecule has 3 heterocycles. The van der Waals surface area contributed by atoms with E-state index in [1.807, 2.05) is 87.5 Å². The number of pyridine rings is 1. The second-order valence-electron chi connectivity index (χ2n) is 16.3. The van der Waals surface area contributed by atoms with Crippen molar-refractivity contribution in [2.45, 2.75) is 94.7 Å². The van der Waals surface area contributed by atoms with Gasteiger partial charge in [-0.05, 0) is 49.7 Å². The Morgan fingerprint density at radius 2 is 1.80 bits per heavy atom. The Bertz CT molecular complexity index is 2150. The van der Waals surface area contributed by atoms with E-state index in [-0.39, 0.29) is 31.7 Å². The number of allylic oxidation sites excluding steroid dienone is 1. The predicted octanol–water partition coefficient (Wildman–Crippen LogP) is 4.36. The number of hydrogen-bond acceptors (Lipinski definition) is 9. The van der Waals surface area contributed by atoms with Gasteiger partial charge in [-0.25, -0.2) is 13.4 Å². The van der Waals surface area contributed by atoms with Crippen molar-refractivity contribution >= 4 is 44.6 Å². The molecule has 4 aliphatic rings. The quantitative estimate of drug-likeness (QED) is 0.333. The van der Waals surface area contributed by atoms with Crippen LogP contribution in [0, 0.1) is 11.3 Å². The molecule has 4 amide bonds. The van der Waals surface area contributed by atoms with Gasteiger partial charge in [-0.15, -0.1) is 0 Å². The molecular formula is C41H49N5O8S. The molecule has 2 aromatic carbocycles. The van der Waals surface area contributed by atoms with E-state index in [1.165, 1.54) is 9.80 Å². The smallest absolute Gasteiger partial charge is 0.259 e. The van der Waals surface area contributed by atoms with Crippen LogP contribution in [-0.4, -0.2) is 96.5 Å². The lowest BCUT2D eigenvalue weighted by Crippen LogP contribution is -2.60. The molecule has 292 valence electrons. The van der Waals surface area contributed by atoms with Gasteiger partial charge in [-0.1, -0.05) is 63.3 Å². The van der Waals surface area contributed by atoms with Crippen LogP contribution in [0.2, 0.25) is 0 Å². The average Bonchev–Trinajstić information content (AvgIpc) is 4.07. The normalized spacial score (nSPS) is 27.0. The number of rotatable bonds is 7. The molecule has 1 saturated heterocycles. The Labute approximate surface area is 321 Å². The standard InChI is InChI=1S/C41H49N5O8S/c1-40(2,3)36-38(49)46-24-28(54-34-22-31(25-12-8-6-9-13-25)42-32-20-27(53-5)16-19-30(32)34)21-33(46)37(48)43-41(39(50)44-55(51,52)29-17-18-29)23-26(41)14-10-7-11-15-35(47)45(36)4/h6,8-10,12-14,16,19-20,22,26,28-29,33,36H,7,11,15,17-18,21,23-24H2,1-5H3,(H,43,48)(H,44,50)/b14-10-/t26-,28-,33+,36-,41+/m1/s1. The number of hydrogen-bond donors (Lipinski definition) is 2. The summed E-state index contributed by atoms with van der Waals surface area (Å²) < 4.78 is 40.2. The van der Waals surface area contributed by atoms with Crippen LogP contribution >= 0.6 is 0 Å². The molecule has 2 aliphatic carbocycles. The summed E-state index contributed by atoms with van der Waals surface area (Å²) in [5, 5.41) is 3.00. The van der Waals surface area contributed by atoms with Gasteiger partial charge in [-0.2, -0.15) is 0 Å². The van der Waals surface area contributed by atoms with E-state index in [4.69, 9.17) is 14.5 Å². The maximum absolute atomic E-state index is 14.8. The fourth-order valence-corrected chi connectivity index (χ4v) is 9.27. The first-order valence-electron chi connectivity index (χ1n) is 18.9. The van der Waals surface area contributed by atoms with Crippen LogP contribution in [0.4, 0.5) is 0 Å². The molecule has 14 heteroatoms. The highest BCUT2D eigenvalue weighted by Crippen LogP contribution is 2.46. The van der Waals surface area contributed by atoms with Gasteiger partial charge in [0.25, 0.3) is 5.91 Å². The second-order valence-corrected chi connectivity index (χ2v) is 18.2. The molecule has 0 radical (unpaired) electrons. The van der Waals surface area contributed by atoms with Crippen molar-refractivity contribution in [1.82, 2.24) is 24.8 Å². The zero-order valence-electron chi connectivity index (χ0n) is 31.9. The van der Waals surface area contributed by atoms with E-state index in [1.54, 1.807) is 14.2 Å². The number of nitrogens with zero attached hydrogens (tertiary/aromatic N) is 3. The highest BCUT2D eigenvalue weighted by molar-refractivity contribution is 7.91. The van der Waals surface area contributed by atoms with Gasteiger partial charge in [0.2, 0.25) is 27.7 Å². The maximum atomic E-state index is 14.8. The molecule has 55 heavy (non-hydrogen) atoms. The lowest BCUT2D eigenvalue weighted by atomic mass is 9.84. The summed E-state index contributed by atoms with van der Waals surface area (Å²) in [6, 6.07) is 15.0. The first kappa shape index (κ1) is 38.3. The third kappa shape index (κ3) is 7.78. The Morgan fingerprint density at radius 1 is 1.05 bits per heavy atom. The highest BCUT2D eigenvalue weighted by Gasteiger charge is 2.62. The van der Waals surface area contributed by atoms with Gasteiger partial charge in [0.15, 0.2) is 0 Å². The Morgan fingerprint density at radius 3 is 2.49 bits per heavy atom. The zero-order chi connectivity index (χ0) is 39.3. The Balaban J connectivity index is 1.26. The number of methoxy groups -OCH3 is 1. The SMILES string of the molecule is COc1ccc2c(O[C@@H]3C[C@H]4C(=O)N[C@@]5(C(=O)NS(=O)(=O)C6CC6)C[C@H]5/C=C\CCCC(=O)N(C)[C@@H](C(C)(C)C)C(=O)N4C3)cc(-c3ccccc3)nc2c1. The first-order chi connectivity index (χ1) is 26.1. The monoisotopic (exact) mass is 771 g/mol. The summed E-state index contributed by atoms with van der Waals surface area (Å²) in [4.78, 5) is 64.5. The van der Waals surface area contributed by atoms with Crippen molar-refractivity contribution in [2.24, 2.45) is 11.3 Å². The summed E-state index contributed by atoms with van der Waals surface area (Å²) >= 11 is 0. The van der Waals surface area contributed by atoms with Crippen LogP contribution in [0.25, 0.3) is 22.2 Å². The Kier molecular flexibility index (Phi) is 10.2. The molecule has 0 bridgehead atoms. The van der Waals surface area contributed by atoms with Gasteiger partial charge in [-0.3, -0.25) is 23.9 Å². The Hall–Kier alpha value is -4.98. The number of aromatic nitrogens is 1. The molecule has 0 unspecified atom stereocenters. The van der Waals surface area contributed by atoms with Crippen LogP contribution < -0.4 is 19.5 Å². The van der Waals surface area contributed by atoms with E-state index in [2.05, 4.69) is 10.0 Å². The van der Waals surface area contributed by atoms with E-state index in [9.17, 15) is 27.6 Å². The minimum Gasteiger partial charge on any atom is -0.497 e. The fourth-order valence-electron chi connectivity index (χ4n) is 7.91. The summed E-state index contributed by atoms with van der Waals surface area (Å²) in [6.45, 7) is 5.66. The molecule has 13 nitrogen and oxygen atoms in total. The fraction of sp³-hybridized carbons (Fsp3) is 0.488. The molecule has 2 aliphatic heterocycles. The third-order valence-corrected chi connectivity index (χ3v) is 12.9. The average molecular weight is 772 g/mol. The topological polar surface area (TPSA) is 164 Å². The number of nitrogens with one attached hydrogen (secondary N) is 2. The maximum Gasteiger partial charge on any atom is 0.259 e. The summed E-state index contributed by atoms with van der Waals surface area (Å²) in [6.07, 6.45) is 5.47. The van der Waals surface area contributed by atoms with Gasteiger partial charge < -0.3 is 24.6 Å². The van der Waals surface area contributed by atoms with E-state index in [0.717, 1.165) is 5.56 Å². The van der Waals surface area contributed by atoms with Crippen molar-refractivity contribution in [1.29, 1.82) is 0 Å². The minimum absolute atomic E-state index is 0.0186. The third-order valence-electron chi connectivity index (χ3n) is 11.1. The minimum atomic E-state index is -3.90. The number of carbonyl (C=O) groups excluding carboxylic acids is 4. The molecule has 5 atom stereocenters. The largest absolute Gasteiger partial charge is 0.497 e. The number of likely N-dealkylation sites (N-methyl/N-ethyl adjacent to an activating group) is 1. The number of carbonyl (C=O) groups is 4. The number of ether oxygens (including phenoxy) is 2. The molecule has 3 fully saturated rings. The van der Waals surface area contributed by atoms with Crippen LogP contribution in [-0.2, 0) is 29.2 Å². The van der Waals surface area contributed by atoms with Gasteiger partial charge in [0.1, 0.15) is 35.2 Å². The lowest BCUT2D eigenvalue weighted by Gasteiger charge is -2.40. The number of fused-ring (bicyclic) bond motifs is 3. The lowest BCUT2D eigenvalue weighted by molar-refractivity contribution is -0.151. The van der Waals surface area contributed by atoms with Crippen molar-refractivity contribution in [3.8, 4) is 22.8 Å². The van der Waals surface area contributed by atoms with Crippen molar-refractivity contribution < 1.29 is 37.1 Å². The predicted molar refractivity (Wildman–Crippen MR) is 206 cm³/mol. The number of amides is 4. The van der Waals surface area contributed by atoms with E-state index in [0.29, 0.717) is 53.8 Å². The van der Waals surface area contributed by atoms with Crippen molar-refractivity contribution in [2.75, 3.05) is 20.7 Å². The molecule has 2 saturated carbocycles. The molecular weight excluding hydrogens is 723 g/mol. The number of sulfonamides is 1. The second kappa shape index (κ2) is 14.6. The van der Waals surface area contributed by atoms with Crippen LogP contribution in [0.15, 0.2) is 66.7 Å². The number of benzene rings is 2. The zero-order valence-corrected chi connectivity index (χ0v) is 32.7. The van der Waals surface area contributed by atoms with Gasteiger partial charge in [0.05, 0.1) is 30.1 Å². The van der Waals surface area contributed by atoms with Gasteiger partial charge >= 0.3 is 0 Å². The molecule has 2 N–H and O–H groups in total. The van der Waals surface area contributed by atoms with Crippen molar-refractivity contribution in [3.05, 3.63) is 66.7 Å². The molecule has 3 aromatic rings. The molecule has 1 aromatic heterocycles. The molecule has 0 spiro atoms. The van der Waals surface area contributed by atoms with Crippen LogP contribution in [0.1, 0.15) is 65.7 Å². The van der Waals surface area contributed by atoms with Gasteiger partial charge in [0, 0.05) is 48.9 Å². The summed E-state index contributed by atoms with van der Waals surface area (Å²) in [7, 11) is -0.692. The van der Waals surface area contributed by atoms with Crippen molar-refractivity contribution in [3.63, 3.8) is 0 Å². The van der Waals surface area contributed by atoms with E-state index >= 15 is 0 Å². The van der Waals surface area contributed by atoms with E-state index < -0.39 is 68.1 Å². The summed E-state index contributed by atoms with van der Waals surface area (Å²) in [5.74, 6) is -1.34. The first-order valence-corrected chi connectivity index (χ1v) is 20.5. The molecule has 7 rings (SSSR count). The van der Waals surface area contributed by atoms with Crippen LogP contribution in [0.3, 0.4) is 0 Å². The highest BCUT2D eigenvalue weighted by atomic mass is 32.2. The van der Waals surface area contributed by atoms with Crippen LogP contribution in [0.5, 0.6) is 11.5 Å².